The average Bonchev–Trinajstić information content (AvgIpc) is 4.41. The lowest BCUT2D eigenvalue weighted by molar-refractivity contribution is -0.384. The number of likely N-dealkylation sites (tertiary alicyclic amines) is 1. The van der Waals surface area contributed by atoms with Crippen LogP contribution in [-0.4, -0.2) is 122 Å². The quantitative estimate of drug-likeness (QED) is 0.0342. The molecule has 1 spiro atoms. The number of carbonyl (C=O) groups is 1. The number of hydrogen-bond acceptors (Lipinski definition) is 12. The van der Waals surface area contributed by atoms with Crippen LogP contribution in [0.25, 0.3) is 22.3 Å². The largest absolute Gasteiger partial charge is 0.444 e. The van der Waals surface area contributed by atoms with E-state index in [9.17, 15) is 33.5 Å². The number of nitro benzene ring substituents is 1. The molecule has 83 heavy (non-hydrogen) atoms. The first-order valence-corrected chi connectivity index (χ1v) is 30.9. The van der Waals surface area contributed by atoms with Crippen molar-refractivity contribution in [2.45, 2.75) is 103 Å². The molecule has 3 heterocycles. The highest BCUT2D eigenvalue weighted by atomic mass is 32.2. The standard InChI is InChI=1S/C35H41N3O5.C33H40N2O4S/c1-34(2,3)43-33(40)37-22-20-35(25-37)19-21-36(24-35)29-15-11-27(12-16-29)32(28-13-17-30(18-14-28)38(41)42)31(10-7-23-39)26-8-5-4-6-9-26;1-25(2)34-20-22-35(23-21-34)29-14-10-27(11-15-29)33(32(9-6-24-36)26-7-4-3-5-8-26)28-12-16-30(17-13-28)39-40(37,38)31-18-19-31/h4-6,8-9,11-18,39H,7,10,19-25H2,1-3H3;3-5,7-8,10-17,25,31,36H,6,9,18-24H2,1-2H3/b32-31+;33-32+. The lowest BCUT2D eigenvalue weighted by Gasteiger charge is -2.38. The molecule has 2 N–H and O–H groups in total. The normalized spacial score (nSPS) is 18.1. The zero-order valence-electron chi connectivity index (χ0n) is 48.8. The number of rotatable bonds is 19. The van der Waals surface area contributed by atoms with E-state index in [2.05, 4.69) is 101 Å². The minimum atomic E-state index is -3.57. The number of aliphatic hydroxyl groups is 2. The number of amides is 1. The van der Waals surface area contributed by atoms with Crippen LogP contribution in [0.3, 0.4) is 0 Å². The van der Waals surface area contributed by atoms with Crippen molar-refractivity contribution in [3.05, 3.63) is 201 Å². The number of hydrogen-bond donors (Lipinski definition) is 2. The van der Waals surface area contributed by atoms with Gasteiger partial charge in [0.15, 0.2) is 0 Å². The Morgan fingerprint density at radius 3 is 1.52 bits per heavy atom. The predicted molar refractivity (Wildman–Crippen MR) is 333 cm³/mol. The van der Waals surface area contributed by atoms with Gasteiger partial charge < -0.3 is 33.8 Å². The maximum absolute atomic E-state index is 12.7. The number of ether oxygens (including phenoxy) is 1. The molecule has 15 heteroatoms. The fraction of sp³-hybridized carbons (Fsp3) is 0.397. The summed E-state index contributed by atoms with van der Waals surface area (Å²) in [6.45, 7) is 17.8. The monoisotopic (exact) mass is 1140 g/mol. The maximum Gasteiger partial charge on any atom is 0.410 e. The zero-order chi connectivity index (χ0) is 58.7. The Labute approximate surface area is 491 Å². The molecule has 6 aromatic rings. The molecule has 6 aromatic carbocycles. The number of nitrogens with zero attached hydrogens (tertiary/aromatic N) is 5. The summed E-state index contributed by atoms with van der Waals surface area (Å²) in [6.07, 6.45) is 5.74. The summed E-state index contributed by atoms with van der Waals surface area (Å²) in [6, 6.07) is 52.4. The molecule has 1 atom stereocenters. The molecular weight excluding hydrogens is 1060 g/mol. The summed E-state index contributed by atoms with van der Waals surface area (Å²) < 4.78 is 35.8. The molecule has 0 radical (unpaired) electrons. The Morgan fingerprint density at radius 1 is 0.614 bits per heavy atom. The smallest absolute Gasteiger partial charge is 0.410 e. The Kier molecular flexibility index (Phi) is 19.6. The fourth-order valence-electron chi connectivity index (χ4n) is 11.7. The van der Waals surface area contributed by atoms with Crippen molar-refractivity contribution in [2.75, 3.05) is 75.4 Å². The molecule has 0 aromatic heterocycles. The maximum atomic E-state index is 12.7. The van der Waals surface area contributed by atoms with Gasteiger partial charge in [-0.05, 0) is 190 Å². The third kappa shape index (κ3) is 15.5. The third-order valence-corrected chi connectivity index (χ3v) is 18.0. The summed E-state index contributed by atoms with van der Waals surface area (Å²) in [5, 5.41) is 30.4. The Hall–Kier alpha value is -7.30. The van der Waals surface area contributed by atoms with E-state index in [4.69, 9.17) is 8.92 Å². The molecule has 1 saturated carbocycles. The van der Waals surface area contributed by atoms with Crippen LogP contribution in [0.15, 0.2) is 158 Å². The molecular formula is C68H81N5O9S. The van der Waals surface area contributed by atoms with E-state index in [1.807, 2.05) is 86.3 Å². The Morgan fingerprint density at radius 2 is 1.07 bits per heavy atom. The van der Waals surface area contributed by atoms with E-state index in [0.29, 0.717) is 50.3 Å². The van der Waals surface area contributed by atoms with Gasteiger partial charge in [-0.1, -0.05) is 97.1 Å². The van der Waals surface area contributed by atoms with Crippen LogP contribution < -0.4 is 14.0 Å². The van der Waals surface area contributed by atoms with Crippen molar-refractivity contribution < 1.29 is 37.3 Å². The molecule has 4 fully saturated rings. The first kappa shape index (κ1) is 60.3. The van der Waals surface area contributed by atoms with Crippen LogP contribution in [0.4, 0.5) is 21.9 Å². The number of anilines is 2. The number of aliphatic hydroxyl groups excluding tert-OH is 2. The van der Waals surface area contributed by atoms with Gasteiger partial charge in [-0.2, -0.15) is 8.42 Å². The SMILES string of the molecule is CC(C)(C)OC(=O)N1CCC2(CCN(c3ccc(/C(=C(/CCCO)c4ccccc4)c4ccc([N+](=O)[O-])cc4)cc3)C2)C1.CC(C)N1CCN(c2ccc(/C(=C(/CCCO)c3ccccc3)c3ccc(OS(=O)(=O)C4CC4)cc3)cc2)CC1. The minimum absolute atomic E-state index is 0.0511. The van der Waals surface area contributed by atoms with Crippen molar-refractivity contribution in [3.63, 3.8) is 0 Å². The molecule has 1 amide bonds. The van der Waals surface area contributed by atoms with Gasteiger partial charge in [0, 0.05) is 101 Å². The van der Waals surface area contributed by atoms with Crippen LogP contribution >= 0.6 is 0 Å². The predicted octanol–water partition coefficient (Wildman–Crippen LogP) is 13.0. The van der Waals surface area contributed by atoms with Crippen LogP contribution in [0.5, 0.6) is 5.75 Å². The fourth-order valence-corrected chi connectivity index (χ4v) is 12.9. The second-order valence-corrected chi connectivity index (χ2v) is 25.6. The van der Waals surface area contributed by atoms with Crippen molar-refractivity contribution in [2.24, 2.45) is 5.41 Å². The van der Waals surface area contributed by atoms with E-state index in [0.717, 1.165) is 127 Å². The van der Waals surface area contributed by atoms with Gasteiger partial charge in [-0.15, -0.1) is 0 Å². The Balaban J connectivity index is 0.000000200. The van der Waals surface area contributed by atoms with Crippen LogP contribution in [-0.2, 0) is 14.9 Å². The molecule has 1 aliphatic carbocycles. The number of allylic oxidation sites excluding steroid dienone is 2. The third-order valence-electron chi connectivity index (χ3n) is 16.3. The van der Waals surface area contributed by atoms with E-state index in [-0.39, 0.29) is 40.6 Å². The number of carbonyl (C=O) groups excluding carboxylic acids is 1. The van der Waals surface area contributed by atoms with Gasteiger partial charge in [0.1, 0.15) is 11.4 Å². The topological polar surface area (TPSA) is 166 Å². The van der Waals surface area contributed by atoms with E-state index in [1.165, 1.54) is 5.69 Å². The molecule has 3 saturated heterocycles. The first-order valence-electron chi connectivity index (χ1n) is 29.4. The van der Waals surface area contributed by atoms with E-state index in [1.54, 1.807) is 24.3 Å². The summed E-state index contributed by atoms with van der Waals surface area (Å²) in [5.74, 6) is 0.336. The number of non-ortho nitro benzene ring substituents is 1. The summed E-state index contributed by atoms with van der Waals surface area (Å²) >= 11 is 0. The van der Waals surface area contributed by atoms with Gasteiger partial charge in [0.2, 0.25) is 0 Å². The highest BCUT2D eigenvalue weighted by Gasteiger charge is 2.46. The second kappa shape index (κ2) is 27.0. The molecule has 3 aliphatic heterocycles. The van der Waals surface area contributed by atoms with Crippen LogP contribution in [0.2, 0.25) is 0 Å². The first-order chi connectivity index (χ1) is 39.9. The molecule has 0 bridgehead atoms. The second-order valence-electron chi connectivity index (χ2n) is 23.7. The number of benzene rings is 6. The summed E-state index contributed by atoms with van der Waals surface area (Å²) in [4.78, 5) is 32.9. The lowest BCUT2D eigenvalue weighted by atomic mass is 9.86. The molecule has 1 unspecified atom stereocenters. The van der Waals surface area contributed by atoms with Crippen molar-refractivity contribution >= 4 is 55.6 Å². The van der Waals surface area contributed by atoms with Gasteiger partial charge >= 0.3 is 16.2 Å². The van der Waals surface area contributed by atoms with Gasteiger partial charge in [-0.3, -0.25) is 15.0 Å². The Bertz CT molecular complexity index is 3300. The highest BCUT2D eigenvalue weighted by molar-refractivity contribution is 7.88. The molecule has 438 valence electrons. The van der Waals surface area contributed by atoms with Crippen LogP contribution in [0.1, 0.15) is 119 Å². The number of piperazine rings is 1. The van der Waals surface area contributed by atoms with Crippen molar-refractivity contribution in [1.29, 1.82) is 0 Å². The highest BCUT2D eigenvalue weighted by Crippen LogP contribution is 2.43. The average molecular weight is 1140 g/mol. The molecule has 10 rings (SSSR count). The molecule has 4 aliphatic rings. The molecule has 14 nitrogen and oxygen atoms in total. The van der Waals surface area contributed by atoms with Crippen LogP contribution in [0, 0.1) is 15.5 Å². The van der Waals surface area contributed by atoms with Crippen molar-refractivity contribution in [3.8, 4) is 5.75 Å². The summed E-state index contributed by atoms with van der Waals surface area (Å²) in [5.41, 5.74) is 12.4. The van der Waals surface area contributed by atoms with Gasteiger partial charge in [0.25, 0.3) is 5.69 Å². The minimum Gasteiger partial charge on any atom is -0.444 e. The van der Waals surface area contributed by atoms with Crippen molar-refractivity contribution in [1.82, 2.24) is 9.80 Å². The van der Waals surface area contributed by atoms with Gasteiger partial charge in [0.05, 0.1) is 10.2 Å². The zero-order valence-corrected chi connectivity index (χ0v) is 49.6. The summed E-state index contributed by atoms with van der Waals surface area (Å²) in [7, 11) is -3.57. The van der Waals surface area contributed by atoms with E-state index < -0.39 is 15.7 Å². The van der Waals surface area contributed by atoms with Gasteiger partial charge in [-0.25, -0.2) is 4.79 Å². The lowest BCUT2D eigenvalue weighted by Crippen LogP contribution is -2.48. The van der Waals surface area contributed by atoms with E-state index >= 15 is 0 Å². The number of nitro groups is 1.